The van der Waals surface area contributed by atoms with Crippen molar-refractivity contribution in [2.45, 2.75) is 25.8 Å². The molecule has 1 aromatic rings. The molecule has 2 rings (SSSR count). The highest BCUT2D eigenvalue weighted by molar-refractivity contribution is 6.39. The van der Waals surface area contributed by atoms with Crippen LogP contribution in [0.2, 0.25) is 0 Å². The normalized spacial score (nSPS) is 18.2. The number of anilines is 1. The van der Waals surface area contributed by atoms with Crippen LogP contribution in [-0.2, 0) is 9.59 Å². The average molecular weight is 290 g/mol. The highest BCUT2D eigenvalue weighted by Crippen LogP contribution is 2.15. The average Bonchev–Trinajstić information content (AvgIpc) is 3.12. The van der Waals surface area contributed by atoms with E-state index in [-0.39, 0.29) is 17.4 Å². The van der Waals surface area contributed by atoms with E-state index in [1.807, 2.05) is 6.07 Å². The van der Waals surface area contributed by atoms with Gasteiger partial charge < -0.3 is 10.6 Å². The number of likely N-dealkylation sites (tertiary alicyclic amines) is 1. The summed E-state index contributed by atoms with van der Waals surface area (Å²) >= 11 is 0. The van der Waals surface area contributed by atoms with Crippen molar-refractivity contribution >= 4 is 17.6 Å². The highest BCUT2D eigenvalue weighted by Gasteiger charge is 2.24. The van der Waals surface area contributed by atoms with Crippen molar-refractivity contribution in [3.8, 4) is 6.07 Å². The second kappa shape index (κ2) is 6.85. The van der Waals surface area contributed by atoms with Crippen molar-refractivity contribution in [3.63, 3.8) is 0 Å². The van der Waals surface area contributed by atoms with Crippen molar-refractivity contribution in [2.75, 3.05) is 25.0 Å². The molecule has 1 atom stereocenters. The summed E-state index contributed by atoms with van der Waals surface area (Å²) in [5.41, 5.74) is 0.184. The van der Waals surface area contributed by atoms with Gasteiger partial charge in [0.15, 0.2) is 0 Å². The third-order valence-electron chi connectivity index (χ3n) is 3.61. The van der Waals surface area contributed by atoms with Crippen molar-refractivity contribution in [3.05, 3.63) is 11.8 Å². The smallest absolute Gasteiger partial charge is 0.314 e. The molecule has 8 heteroatoms. The lowest BCUT2D eigenvalue weighted by atomic mass is 10.2. The number of rotatable bonds is 4. The number of aromatic nitrogens is 2. The predicted molar refractivity (Wildman–Crippen MR) is 75.2 cm³/mol. The van der Waals surface area contributed by atoms with E-state index in [0.29, 0.717) is 6.54 Å². The van der Waals surface area contributed by atoms with Crippen molar-refractivity contribution < 1.29 is 9.59 Å². The van der Waals surface area contributed by atoms with Crippen LogP contribution in [-0.4, -0.2) is 52.6 Å². The maximum absolute atomic E-state index is 11.8. The van der Waals surface area contributed by atoms with Crippen LogP contribution < -0.4 is 10.6 Å². The standard InChI is InChI=1S/C13H18N6O2/c1-2-19-5-3-4-10(19)8-15-12(20)13(21)17-11-9(6-14)7-16-18-11/h7,10H,2-5,8H2,1H3,(H,15,20)(H2,16,17,18,21)/t10-/m1/s1. The molecule has 0 saturated carbocycles. The molecule has 8 nitrogen and oxygen atoms in total. The third-order valence-corrected chi connectivity index (χ3v) is 3.61. The molecule has 3 N–H and O–H groups in total. The van der Waals surface area contributed by atoms with Gasteiger partial charge >= 0.3 is 11.8 Å². The fourth-order valence-corrected chi connectivity index (χ4v) is 2.47. The molecule has 2 heterocycles. The predicted octanol–water partition coefficient (Wildman–Crippen LogP) is -0.180. The maximum Gasteiger partial charge on any atom is 0.314 e. The Balaban J connectivity index is 1.83. The number of likely N-dealkylation sites (N-methyl/N-ethyl adjacent to an activating group) is 1. The first-order valence-electron chi connectivity index (χ1n) is 6.92. The van der Waals surface area contributed by atoms with Crippen molar-refractivity contribution in [2.24, 2.45) is 0 Å². The minimum absolute atomic E-state index is 0.133. The van der Waals surface area contributed by atoms with Crippen molar-refractivity contribution in [1.29, 1.82) is 5.26 Å². The zero-order chi connectivity index (χ0) is 15.2. The number of H-pyrrole nitrogens is 1. The van der Waals surface area contributed by atoms with Crippen LogP contribution >= 0.6 is 0 Å². The Morgan fingerprint density at radius 2 is 2.38 bits per heavy atom. The number of aromatic amines is 1. The van der Waals surface area contributed by atoms with Crippen molar-refractivity contribution in [1.82, 2.24) is 20.4 Å². The molecule has 1 aliphatic heterocycles. The van der Waals surface area contributed by atoms with E-state index >= 15 is 0 Å². The summed E-state index contributed by atoms with van der Waals surface area (Å²) in [6.07, 6.45) is 3.42. The monoisotopic (exact) mass is 290 g/mol. The van der Waals surface area contributed by atoms with E-state index < -0.39 is 11.8 Å². The fraction of sp³-hybridized carbons (Fsp3) is 0.538. The molecule has 1 fully saturated rings. The molecule has 0 unspecified atom stereocenters. The van der Waals surface area contributed by atoms with Crippen LogP contribution in [0.15, 0.2) is 6.20 Å². The molecule has 21 heavy (non-hydrogen) atoms. The van der Waals surface area contributed by atoms with Gasteiger partial charge in [0.2, 0.25) is 0 Å². The van der Waals surface area contributed by atoms with Gasteiger partial charge in [0.25, 0.3) is 0 Å². The van der Waals surface area contributed by atoms with Crippen LogP contribution in [0, 0.1) is 11.3 Å². The van der Waals surface area contributed by atoms with E-state index in [0.717, 1.165) is 25.9 Å². The number of nitrogens with one attached hydrogen (secondary N) is 3. The van der Waals surface area contributed by atoms with Gasteiger partial charge in [-0.05, 0) is 25.9 Å². The molecule has 0 radical (unpaired) electrons. The third kappa shape index (κ3) is 3.58. The molecule has 2 amide bonds. The minimum Gasteiger partial charge on any atom is -0.346 e. The lowest BCUT2D eigenvalue weighted by molar-refractivity contribution is -0.136. The summed E-state index contributed by atoms with van der Waals surface area (Å²) in [5, 5.41) is 19.9. The summed E-state index contributed by atoms with van der Waals surface area (Å²) in [6, 6.07) is 2.15. The topological polar surface area (TPSA) is 114 Å². The van der Waals surface area contributed by atoms with Crippen LogP contribution in [0.4, 0.5) is 5.82 Å². The molecular formula is C13H18N6O2. The Hall–Kier alpha value is -2.40. The maximum atomic E-state index is 11.8. The number of hydrogen-bond acceptors (Lipinski definition) is 5. The molecule has 0 bridgehead atoms. The fourth-order valence-electron chi connectivity index (χ4n) is 2.47. The molecule has 0 spiro atoms. The molecule has 1 aromatic heterocycles. The first-order valence-corrected chi connectivity index (χ1v) is 6.92. The van der Waals surface area contributed by atoms with E-state index in [1.165, 1.54) is 6.20 Å². The Morgan fingerprint density at radius 3 is 3.10 bits per heavy atom. The Bertz CT molecular complexity index is 561. The first kappa shape index (κ1) is 15.0. The minimum atomic E-state index is -0.809. The highest BCUT2D eigenvalue weighted by atomic mass is 16.2. The van der Waals surface area contributed by atoms with Gasteiger partial charge in [-0.1, -0.05) is 6.92 Å². The molecule has 0 aromatic carbocycles. The Morgan fingerprint density at radius 1 is 1.57 bits per heavy atom. The van der Waals surface area contributed by atoms with Gasteiger partial charge in [0.1, 0.15) is 17.5 Å². The number of hydrogen-bond donors (Lipinski definition) is 3. The first-order chi connectivity index (χ1) is 10.2. The summed E-state index contributed by atoms with van der Waals surface area (Å²) in [5.74, 6) is -1.39. The zero-order valence-corrected chi connectivity index (χ0v) is 11.8. The van der Waals surface area contributed by atoms with Crippen LogP contribution in [0.3, 0.4) is 0 Å². The summed E-state index contributed by atoms with van der Waals surface area (Å²) < 4.78 is 0. The Labute approximate surface area is 122 Å². The summed E-state index contributed by atoms with van der Waals surface area (Å²) in [6.45, 7) is 4.50. The van der Waals surface area contributed by atoms with Gasteiger partial charge in [-0.2, -0.15) is 10.4 Å². The van der Waals surface area contributed by atoms with Gasteiger partial charge in [-0.25, -0.2) is 0 Å². The molecule has 0 aliphatic carbocycles. The second-order valence-corrected chi connectivity index (χ2v) is 4.86. The number of nitrogens with zero attached hydrogens (tertiary/aromatic N) is 3. The van der Waals surface area contributed by atoms with Gasteiger partial charge in [-0.3, -0.25) is 19.6 Å². The largest absolute Gasteiger partial charge is 0.346 e. The van der Waals surface area contributed by atoms with Crippen LogP contribution in [0.1, 0.15) is 25.3 Å². The lowest BCUT2D eigenvalue weighted by Crippen LogP contribution is -2.43. The molecule has 1 saturated heterocycles. The zero-order valence-electron chi connectivity index (χ0n) is 11.8. The van der Waals surface area contributed by atoms with Gasteiger partial charge in [0.05, 0.1) is 6.20 Å². The number of amides is 2. The van der Waals surface area contributed by atoms with E-state index in [4.69, 9.17) is 5.26 Å². The summed E-state index contributed by atoms with van der Waals surface area (Å²) in [4.78, 5) is 25.8. The quantitative estimate of drug-likeness (QED) is 0.666. The molecule has 1 aliphatic rings. The van der Waals surface area contributed by atoms with Gasteiger partial charge in [-0.15, -0.1) is 0 Å². The van der Waals surface area contributed by atoms with E-state index in [1.54, 1.807) is 0 Å². The van der Waals surface area contributed by atoms with Crippen LogP contribution in [0.25, 0.3) is 0 Å². The number of carbonyl (C=O) groups is 2. The van der Waals surface area contributed by atoms with E-state index in [9.17, 15) is 9.59 Å². The number of carbonyl (C=O) groups excluding carboxylic acids is 2. The number of nitriles is 1. The second-order valence-electron chi connectivity index (χ2n) is 4.86. The van der Waals surface area contributed by atoms with Crippen LogP contribution in [0.5, 0.6) is 0 Å². The molecular weight excluding hydrogens is 272 g/mol. The summed E-state index contributed by atoms with van der Waals surface area (Å²) in [7, 11) is 0. The van der Waals surface area contributed by atoms with Gasteiger partial charge in [0, 0.05) is 12.6 Å². The van der Waals surface area contributed by atoms with E-state index in [2.05, 4.69) is 32.7 Å². The Kier molecular flexibility index (Phi) is 4.90. The SMILES string of the molecule is CCN1CCC[C@@H]1CNC(=O)C(=O)Nc1[nH]ncc1C#N. The molecule has 112 valence electrons. The lowest BCUT2D eigenvalue weighted by Gasteiger charge is -2.22.